The van der Waals surface area contributed by atoms with Crippen molar-refractivity contribution in [3.05, 3.63) is 10.1 Å². The fourth-order valence-electron chi connectivity index (χ4n) is 3.23. The molecule has 11 heteroatoms. The van der Waals surface area contributed by atoms with Gasteiger partial charge < -0.3 is 20.6 Å². The molecule has 3 amide bonds. The maximum atomic E-state index is 12.5. The van der Waals surface area contributed by atoms with E-state index < -0.39 is 47.4 Å². The number of carboxylic acids is 1. The Hall–Kier alpha value is -2.72. The Morgan fingerprint density at radius 1 is 1.22 bits per heavy atom. The Labute approximate surface area is 156 Å². The second-order valence-electron chi connectivity index (χ2n) is 6.57. The molecule has 0 radical (unpaired) electrons. The van der Waals surface area contributed by atoms with Gasteiger partial charge in [0.05, 0.1) is 6.04 Å². The molecule has 27 heavy (non-hydrogen) atoms. The first-order valence-electron chi connectivity index (χ1n) is 8.81. The number of carbonyl (C=O) groups excluding carboxylic acids is 3. The molecule has 11 nitrogen and oxygen atoms in total. The highest BCUT2D eigenvalue weighted by atomic mass is 16.6. The maximum Gasteiger partial charge on any atom is 0.326 e. The molecule has 1 saturated heterocycles. The van der Waals surface area contributed by atoms with Crippen molar-refractivity contribution in [1.29, 1.82) is 0 Å². The van der Waals surface area contributed by atoms with E-state index in [4.69, 9.17) is 0 Å². The molecule has 0 aliphatic carbocycles. The number of aliphatic carboxylic acids is 1. The van der Waals surface area contributed by atoms with Crippen LogP contribution in [0, 0.1) is 10.1 Å². The lowest BCUT2D eigenvalue weighted by molar-refractivity contribution is -0.485. The highest BCUT2D eigenvalue weighted by Crippen LogP contribution is 2.25. The van der Waals surface area contributed by atoms with Crippen LogP contribution in [0.15, 0.2) is 0 Å². The summed E-state index contributed by atoms with van der Waals surface area (Å²) in [6, 6.07) is -2.71. The average molecular weight is 386 g/mol. The predicted molar refractivity (Wildman–Crippen MR) is 93.3 cm³/mol. The molecule has 0 aromatic heterocycles. The van der Waals surface area contributed by atoms with Gasteiger partial charge in [0.1, 0.15) is 12.1 Å². The number of nitrogens with zero attached hydrogens (tertiary/aromatic N) is 2. The van der Waals surface area contributed by atoms with Crippen LogP contribution >= 0.6 is 0 Å². The largest absolute Gasteiger partial charge is 0.480 e. The second-order valence-corrected chi connectivity index (χ2v) is 6.57. The Kier molecular flexibility index (Phi) is 8.63. The number of unbranched alkanes of at least 4 members (excludes halogenated alkanes) is 1. The molecule has 3 unspecified atom stereocenters. The number of rotatable bonds is 10. The molecule has 152 valence electrons. The third-order valence-electron chi connectivity index (χ3n) is 4.44. The Bertz CT molecular complexity index is 595. The van der Waals surface area contributed by atoms with Crippen LogP contribution in [0.25, 0.3) is 0 Å². The first-order valence-corrected chi connectivity index (χ1v) is 8.81. The highest BCUT2D eigenvalue weighted by Gasteiger charge is 2.42. The van der Waals surface area contributed by atoms with Gasteiger partial charge in [0, 0.05) is 25.3 Å². The van der Waals surface area contributed by atoms with Crippen LogP contribution in [0.5, 0.6) is 0 Å². The average Bonchev–Trinajstić information content (AvgIpc) is 2.95. The fourth-order valence-corrected chi connectivity index (χ4v) is 3.23. The molecule has 0 spiro atoms. The molecule has 1 rings (SSSR count). The molecule has 1 aliphatic heterocycles. The van der Waals surface area contributed by atoms with Crippen molar-refractivity contribution in [1.82, 2.24) is 15.5 Å². The van der Waals surface area contributed by atoms with Crippen molar-refractivity contribution < 1.29 is 29.2 Å². The van der Waals surface area contributed by atoms with Gasteiger partial charge in [-0.15, -0.1) is 0 Å². The van der Waals surface area contributed by atoms with Gasteiger partial charge in [-0.3, -0.25) is 24.5 Å². The number of hydrogen-bond acceptors (Lipinski definition) is 6. The molecule has 3 atom stereocenters. The van der Waals surface area contributed by atoms with Crippen LogP contribution < -0.4 is 10.6 Å². The number of amides is 3. The highest BCUT2D eigenvalue weighted by molar-refractivity contribution is 5.90. The van der Waals surface area contributed by atoms with E-state index in [2.05, 4.69) is 10.6 Å². The van der Waals surface area contributed by atoms with E-state index in [1.54, 1.807) is 0 Å². The number of hydrogen-bond donors (Lipinski definition) is 3. The quantitative estimate of drug-likeness (QED) is 0.260. The normalized spacial score (nSPS) is 20.0. The molecule has 0 bridgehead atoms. The molecule has 3 N–H and O–H groups in total. The van der Waals surface area contributed by atoms with E-state index in [9.17, 15) is 34.4 Å². The summed E-state index contributed by atoms with van der Waals surface area (Å²) in [4.78, 5) is 57.9. The van der Waals surface area contributed by atoms with Gasteiger partial charge in [0.25, 0.3) is 0 Å². The molecular weight excluding hydrogens is 360 g/mol. The standard InChI is InChI=1S/C16H26N4O7/c1-10(21)17-8-4-3-5-13(16(24)25)18-15(23)14-7-6-12(9-19(26)27)20(14)11(2)22/h12-14H,3-9H2,1-2H3,(H,17,21)(H,18,23)(H,24,25). The zero-order valence-corrected chi connectivity index (χ0v) is 15.5. The molecular formula is C16H26N4O7. The number of nitro groups is 1. The number of nitrogens with one attached hydrogen (secondary N) is 2. The first-order chi connectivity index (χ1) is 12.6. The molecule has 0 aromatic carbocycles. The summed E-state index contributed by atoms with van der Waals surface area (Å²) in [6.45, 7) is 2.58. The van der Waals surface area contributed by atoms with Crippen molar-refractivity contribution in [2.75, 3.05) is 13.1 Å². The number of carbonyl (C=O) groups is 4. The smallest absolute Gasteiger partial charge is 0.326 e. The van der Waals surface area contributed by atoms with E-state index in [0.29, 0.717) is 25.8 Å². The van der Waals surface area contributed by atoms with Gasteiger partial charge in [-0.2, -0.15) is 0 Å². The minimum Gasteiger partial charge on any atom is -0.480 e. The summed E-state index contributed by atoms with van der Waals surface area (Å²) in [5.74, 6) is -2.45. The Balaban J connectivity index is 2.63. The van der Waals surface area contributed by atoms with Crippen molar-refractivity contribution in [2.45, 2.75) is 64.1 Å². The van der Waals surface area contributed by atoms with Gasteiger partial charge in [0.15, 0.2) is 0 Å². The van der Waals surface area contributed by atoms with Crippen LogP contribution in [0.2, 0.25) is 0 Å². The minimum absolute atomic E-state index is 0.172. The molecule has 1 fully saturated rings. The summed E-state index contributed by atoms with van der Waals surface area (Å²) in [5.41, 5.74) is 0. The van der Waals surface area contributed by atoms with Crippen LogP contribution in [0.4, 0.5) is 0 Å². The summed E-state index contributed by atoms with van der Waals surface area (Å²) < 4.78 is 0. The van der Waals surface area contributed by atoms with E-state index in [-0.39, 0.29) is 18.7 Å². The molecule has 1 aliphatic rings. The zero-order valence-electron chi connectivity index (χ0n) is 15.5. The van der Waals surface area contributed by atoms with Gasteiger partial charge in [-0.05, 0) is 32.1 Å². The van der Waals surface area contributed by atoms with Gasteiger partial charge in [-0.25, -0.2) is 4.79 Å². The van der Waals surface area contributed by atoms with Crippen molar-refractivity contribution in [2.24, 2.45) is 0 Å². The zero-order chi connectivity index (χ0) is 20.6. The van der Waals surface area contributed by atoms with Crippen molar-refractivity contribution in [3.8, 4) is 0 Å². The Morgan fingerprint density at radius 2 is 1.89 bits per heavy atom. The SMILES string of the molecule is CC(=O)NCCCCC(NC(=O)C1CCC(C[N+](=O)[O-])N1C(C)=O)C(=O)O. The van der Waals surface area contributed by atoms with Gasteiger partial charge in [0.2, 0.25) is 24.3 Å². The summed E-state index contributed by atoms with van der Waals surface area (Å²) in [7, 11) is 0. The van der Waals surface area contributed by atoms with Gasteiger partial charge in [-0.1, -0.05) is 0 Å². The van der Waals surface area contributed by atoms with E-state index >= 15 is 0 Å². The minimum atomic E-state index is -1.20. The lowest BCUT2D eigenvalue weighted by atomic mass is 10.1. The Morgan fingerprint density at radius 3 is 2.41 bits per heavy atom. The van der Waals surface area contributed by atoms with E-state index in [0.717, 1.165) is 0 Å². The first kappa shape index (κ1) is 22.3. The summed E-state index contributed by atoms with van der Waals surface area (Å²) >= 11 is 0. The van der Waals surface area contributed by atoms with Crippen molar-refractivity contribution >= 4 is 23.7 Å². The molecule has 0 saturated carbocycles. The van der Waals surface area contributed by atoms with E-state index in [1.165, 1.54) is 18.7 Å². The molecule has 1 heterocycles. The lowest BCUT2D eigenvalue weighted by Crippen LogP contribution is -2.53. The number of likely N-dealkylation sites (tertiary alicyclic amines) is 1. The van der Waals surface area contributed by atoms with Crippen LogP contribution in [0.1, 0.15) is 46.0 Å². The van der Waals surface area contributed by atoms with Crippen LogP contribution in [-0.2, 0) is 19.2 Å². The van der Waals surface area contributed by atoms with Gasteiger partial charge >= 0.3 is 5.97 Å². The topological polar surface area (TPSA) is 159 Å². The molecule has 0 aromatic rings. The second kappa shape index (κ2) is 10.4. The monoisotopic (exact) mass is 386 g/mol. The van der Waals surface area contributed by atoms with Crippen LogP contribution in [-0.4, -0.2) is 69.8 Å². The third-order valence-corrected chi connectivity index (χ3v) is 4.44. The lowest BCUT2D eigenvalue weighted by Gasteiger charge is -2.27. The van der Waals surface area contributed by atoms with E-state index in [1.807, 2.05) is 0 Å². The summed E-state index contributed by atoms with van der Waals surface area (Å²) in [5, 5.41) is 25.1. The summed E-state index contributed by atoms with van der Waals surface area (Å²) in [6.07, 6.45) is 1.77. The number of carboxylic acid groups (broad SMARTS) is 1. The predicted octanol–water partition coefficient (Wildman–Crippen LogP) is -0.482. The fraction of sp³-hybridized carbons (Fsp3) is 0.750. The van der Waals surface area contributed by atoms with Crippen LogP contribution in [0.3, 0.4) is 0 Å². The third kappa shape index (κ3) is 7.19. The van der Waals surface area contributed by atoms with Crippen molar-refractivity contribution in [3.63, 3.8) is 0 Å². The maximum absolute atomic E-state index is 12.5.